The smallest absolute Gasteiger partial charge is 0.137 e. The van der Waals surface area contributed by atoms with Crippen LogP contribution in [0.4, 0.5) is 5.82 Å². The van der Waals surface area contributed by atoms with Crippen molar-refractivity contribution >= 4 is 16.7 Å². The summed E-state index contributed by atoms with van der Waals surface area (Å²) in [6, 6.07) is 6.28. The molecule has 5 heterocycles. The van der Waals surface area contributed by atoms with E-state index in [2.05, 4.69) is 40.0 Å². The zero-order valence-electron chi connectivity index (χ0n) is 17.8. The van der Waals surface area contributed by atoms with Crippen molar-refractivity contribution in [3.63, 3.8) is 0 Å². The Morgan fingerprint density at radius 3 is 2.90 bits per heavy atom. The summed E-state index contributed by atoms with van der Waals surface area (Å²) in [6.45, 7) is 6.35. The Kier molecular flexibility index (Phi) is 4.99. The molecule has 31 heavy (non-hydrogen) atoms. The Balaban J connectivity index is 1.82. The average molecular weight is 416 g/mol. The molecule has 0 amide bonds. The van der Waals surface area contributed by atoms with Crippen LogP contribution in [0, 0.1) is 6.92 Å². The Hall–Kier alpha value is -3.52. The van der Waals surface area contributed by atoms with Gasteiger partial charge in [-0.05, 0) is 43.2 Å². The quantitative estimate of drug-likeness (QED) is 0.543. The Morgan fingerprint density at radius 2 is 2.13 bits per heavy atom. The summed E-state index contributed by atoms with van der Waals surface area (Å²) >= 11 is 0. The van der Waals surface area contributed by atoms with Gasteiger partial charge in [0.1, 0.15) is 22.8 Å². The molecule has 1 aliphatic heterocycles. The Bertz CT molecular complexity index is 1220. The highest BCUT2D eigenvalue weighted by Gasteiger charge is 2.24. The maximum Gasteiger partial charge on any atom is 0.137 e. The minimum absolute atomic E-state index is 0.225. The molecular formula is C23H24N6O2. The summed E-state index contributed by atoms with van der Waals surface area (Å²) in [5.41, 5.74) is 5.50. The number of anilines is 1. The van der Waals surface area contributed by atoms with E-state index >= 15 is 0 Å². The van der Waals surface area contributed by atoms with Crippen LogP contribution in [0.25, 0.3) is 33.4 Å². The van der Waals surface area contributed by atoms with Crippen LogP contribution < -0.4 is 9.64 Å². The summed E-state index contributed by atoms with van der Waals surface area (Å²) in [5, 5.41) is 8.18. The van der Waals surface area contributed by atoms with E-state index in [-0.39, 0.29) is 6.04 Å². The van der Waals surface area contributed by atoms with Crippen molar-refractivity contribution in [2.45, 2.75) is 19.9 Å². The fourth-order valence-corrected chi connectivity index (χ4v) is 4.09. The van der Waals surface area contributed by atoms with Crippen LogP contribution in [0.2, 0.25) is 0 Å². The molecule has 1 atom stereocenters. The van der Waals surface area contributed by atoms with Gasteiger partial charge in [0.2, 0.25) is 0 Å². The molecule has 0 saturated carbocycles. The monoisotopic (exact) mass is 416 g/mol. The summed E-state index contributed by atoms with van der Waals surface area (Å²) in [6.07, 6.45) is 7.18. The zero-order chi connectivity index (χ0) is 21.4. The number of aromatic nitrogens is 5. The van der Waals surface area contributed by atoms with Gasteiger partial charge in [0.05, 0.1) is 38.3 Å². The third-order valence-corrected chi connectivity index (χ3v) is 5.69. The number of aromatic amines is 1. The molecule has 5 rings (SSSR count). The number of rotatable bonds is 4. The van der Waals surface area contributed by atoms with E-state index in [9.17, 15) is 0 Å². The predicted octanol–water partition coefficient (Wildman–Crippen LogP) is 3.62. The van der Waals surface area contributed by atoms with E-state index in [1.165, 1.54) is 0 Å². The van der Waals surface area contributed by atoms with Gasteiger partial charge in [-0.3, -0.25) is 15.1 Å². The van der Waals surface area contributed by atoms with Crippen molar-refractivity contribution in [3.8, 4) is 28.3 Å². The van der Waals surface area contributed by atoms with Crippen molar-refractivity contribution in [3.05, 3.63) is 48.5 Å². The molecule has 0 unspecified atom stereocenters. The molecule has 0 radical (unpaired) electrons. The number of nitrogens with one attached hydrogen (secondary N) is 1. The Morgan fingerprint density at radius 1 is 1.23 bits per heavy atom. The number of hydrogen-bond donors (Lipinski definition) is 1. The summed E-state index contributed by atoms with van der Waals surface area (Å²) in [5.74, 6) is 1.61. The second-order valence-electron chi connectivity index (χ2n) is 7.74. The van der Waals surface area contributed by atoms with Crippen LogP contribution in [-0.4, -0.2) is 58.1 Å². The van der Waals surface area contributed by atoms with Gasteiger partial charge in [-0.1, -0.05) is 0 Å². The number of hydrogen-bond acceptors (Lipinski definition) is 7. The van der Waals surface area contributed by atoms with Crippen molar-refractivity contribution < 1.29 is 9.47 Å². The maximum absolute atomic E-state index is 5.65. The number of fused-ring (bicyclic) bond motifs is 1. The number of ether oxygens (including phenoxy) is 2. The van der Waals surface area contributed by atoms with Crippen LogP contribution in [-0.2, 0) is 4.74 Å². The summed E-state index contributed by atoms with van der Waals surface area (Å²) < 4.78 is 11.1. The van der Waals surface area contributed by atoms with E-state index in [4.69, 9.17) is 19.4 Å². The summed E-state index contributed by atoms with van der Waals surface area (Å²) in [4.78, 5) is 16.5. The number of H-pyrrole nitrogens is 1. The second kappa shape index (κ2) is 7.96. The lowest BCUT2D eigenvalue weighted by molar-refractivity contribution is 0.0986. The molecule has 0 aliphatic carbocycles. The topological polar surface area (TPSA) is 89.0 Å². The molecule has 1 saturated heterocycles. The van der Waals surface area contributed by atoms with Crippen molar-refractivity contribution in [2.75, 3.05) is 31.8 Å². The summed E-state index contributed by atoms with van der Waals surface area (Å²) in [7, 11) is 1.65. The maximum atomic E-state index is 5.65. The van der Waals surface area contributed by atoms with Crippen LogP contribution in [0.1, 0.15) is 12.5 Å². The lowest BCUT2D eigenvalue weighted by Gasteiger charge is -2.34. The predicted molar refractivity (Wildman–Crippen MR) is 119 cm³/mol. The van der Waals surface area contributed by atoms with Gasteiger partial charge in [0.25, 0.3) is 0 Å². The van der Waals surface area contributed by atoms with Crippen LogP contribution in [0.5, 0.6) is 5.75 Å². The van der Waals surface area contributed by atoms with Gasteiger partial charge in [0.15, 0.2) is 0 Å². The molecule has 1 aliphatic rings. The molecule has 4 aromatic rings. The number of nitrogens with zero attached hydrogens (tertiary/aromatic N) is 5. The lowest BCUT2D eigenvalue weighted by atomic mass is 9.98. The normalized spacial score (nSPS) is 16.6. The van der Waals surface area contributed by atoms with Crippen LogP contribution in [0.15, 0.2) is 43.0 Å². The van der Waals surface area contributed by atoms with Crippen LogP contribution in [0.3, 0.4) is 0 Å². The fourth-order valence-electron chi connectivity index (χ4n) is 4.09. The molecular weight excluding hydrogens is 392 g/mol. The van der Waals surface area contributed by atoms with Gasteiger partial charge in [0, 0.05) is 36.1 Å². The molecule has 8 nitrogen and oxygen atoms in total. The average Bonchev–Trinajstić information content (AvgIpc) is 3.33. The Labute approximate surface area is 180 Å². The van der Waals surface area contributed by atoms with Gasteiger partial charge >= 0.3 is 0 Å². The number of methoxy groups -OCH3 is 1. The number of pyridine rings is 3. The first-order valence-corrected chi connectivity index (χ1v) is 10.3. The van der Waals surface area contributed by atoms with E-state index in [1.807, 2.05) is 24.5 Å². The zero-order valence-corrected chi connectivity index (χ0v) is 17.8. The highest BCUT2D eigenvalue weighted by Crippen LogP contribution is 2.37. The third-order valence-electron chi connectivity index (χ3n) is 5.69. The van der Waals surface area contributed by atoms with Gasteiger partial charge < -0.3 is 14.4 Å². The minimum atomic E-state index is 0.225. The standard InChI is InChI=1S/C23H24N6O2/c1-14-10-25-22(19-4-5-26-28-19)23-21(14)18(16-8-17(30-3)12-24-11-16)9-20(27-23)29-6-7-31-13-15(29)2/h4-5,8-12,15H,6-7,13H2,1-3H3,(H,26,28)/t15-/m1/s1. The van der Waals surface area contributed by atoms with Crippen molar-refractivity contribution in [2.24, 2.45) is 0 Å². The number of aryl methyl sites for hydroxylation is 1. The minimum Gasteiger partial charge on any atom is -0.495 e. The highest BCUT2D eigenvalue weighted by atomic mass is 16.5. The fraction of sp³-hybridized carbons (Fsp3) is 0.304. The molecule has 0 spiro atoms. The van der Waals surface area contributed by atoms with Crippen LogP contribution >= 0.6 is 0 Å². The first-order chi connectivity index (χ1) is 15.2. The first-order valence-electron chi connectivity index (χ1n) is 10.3. The van der Waals surface area contributed by atoms with Gasteiger partial charge in [-0.2, -0.15) is 5.10 Å². The lowest BCUT2D eigenvalue weighted by Crippen LogP contribution is -2.44. The van der Waals surface area contributed by atoms with E-state index in [0.29, 0.717) is 19.0 Å². The first kappa shape index (κ1) is 19.4. The highest BCUT2D eigenvalue weighted by molar-refractivity contribution is 6.03. The molecule has 1 fully saturated rings. The van der Waals surface area contributed by atoms with E-state index < -0.39 is 0 Å². The SMILES string of the molecule is COc1cncc(-c2cc(N3CCOC[C@H]3C)nc3c(-c4ccn[nH]4)ncc(C)c23)c1. The molecule has 4 aromatic heterocycles. The molecule has 0 aromatic carbocycles. The largest absolute Gasteiger partial charge is 0.495 e. The molecule has 8 heteroatoms. The second-order valence-corrected chi connectivity index (χ2v) is 7.74. The molecule has 1 N–H and O–H groups in total. The molecule has 158 valence electrons. The van der Waals surface area contributed by atoms with E-state index in [1.54, 1.807) is 19.5 Å². The third kappa shape index (κ3) is 3.48. The van der Waals surface area contributed by atoms with Crippen molar-refractivity contribution in [1.29, 1.82) is 0 Å². The number of morpholine rings is 1. The van der Waals surface area contributed by atoms with Gasteiger partial charge in [-0.25, -0.2) is 4.98 Å². The van der Waals surface area contributed by atoms with Gasteiger partial charge in [-0.15, -0.1) is 0 Å². The van der Waals surface area contributed by atoms with E-state index in [0.717, 1.165) is 51.3 Å². The van der Waals surface area contributed by atoms with Crippen molar-refractivity contribution in [1.82, 2.24) is 25.1 Å². The molecule has 0 bridgehead atoms.